The fourth-order valence-corrected chi connectivity index (χ4v) is 3.92. The van der Waals surface area contributed by atoms with Crippen molar-refractivity contribution < 1.29 is 4.79 Å². The van der Waals surface area contributed by atoms with Crippen molar-refractivity contribution in [1.29, 1.82) is 0 Å². The van der Waals surface area contributed by atoms with E-state index in [0.717, 1.165) is 24.2 Å². The summed E-state index contributed by atoms with van der Waals surface area (Å²) in [6.45, 7) is 7.15. The van der Waals surface area contributed by atoms with Gasteiger partial charge in [-0.25, -0.2) is 0 Å². The van der Waals surface area contributed by atoms with Gasteiger partial charge >= 0.3 is 0 Å². The summed E-state index contributed by atoms with van der Waals surface area (Å²) in [7, 11) is 2.00. The largest absolute Gasteiger partial charge is 0.357 e. The number of aromatic amines is 1. The van der Waals surface area contributed by atoms with Crippen LogP contribution in [0.1, 0.15) is 28.4 Å². The van der Waals surface area contributed by atoms with Crippen molar-refractivity contribution in [3.63, 3.8) is 0 Å². The highest BCUT2D eigenvalue weighted by molar-refractivity contribution is 6.68. The summed E-state index contributed by atoms with van der Waals surface area (Å²) >= 11 is 18.6. The molecule has 6 heteroatoms. The quantitative estimate of drug-likeness (QED) is 0.701. The Hall–Kier alpha value is -0.740. The Morgan fingerprint density at radius 1 is 1.23 bits per heavy atom. The van der Waals surface area contributed by atoms with E-state index in [1.54, 1.807) is 0 Å². The Morgan fingerprint density at radius 3 is 2.41 bits per heavy atom. The van der Waals surface area contributed by atoms with E-state index >= 15 is 0 Å². The Kier molecular flexibility index (Phi) is 5.13. The highest BCUT2D eigenvalue weighted by Crippen LogP contribution is 2.47. The van der Waals surface area contributed by atoms with E-state index in [4.69, 9.17) is 39.6 Å². The van der Waals surface area contributed by atoms with Gasteiger partial charge in [0.05, 0.1) is 6.04 Å². The fourth-order valence-electron chi connectivity index (χ4n) is 3.09. The standard InChI is InChI=1S/C15H17Cl3N2.CH2O/c1-8-6-11-10-4-5-20(3)14(15(16,17)18)13(10)19-12(11)7-9(8)2;1-2/h6-7,14,19H,4-5H2,1-3H3;1H2. The van der Waals surface area contributed by atoms with E-state index < -0.39 is 3.79 Å². The number of halogens is 3. The number of fused-ring (bicyclic) bond motifs is 3. The van der Waals surface area contributed by atoms with Gasteiger partial charge in [-0.05, 0) is 56.1 Å². The van der Waals surface area contributed by atoms with Gasteiger partial charge in [0.15, 0.2) is 0 Å². The van der Waals surface area contributed by atoms with Crippen molar-refractivity contribution in [2.45, 2.75) is 30.1 Å². The maximum atomic E-state index is 8.00. The molecule has 0 spiro atoms. The molecule has 3 nitrogen and oxygen atoms in total. The number of carbonyl (C=O) groups excluding carboxylic acids is 1. The number of likely N-dealkylation sites (N-methyl/N-ethyl adjacent to an activating group) is 1. The second kappa shape index (κ2) is 6.40. The van der Waals surface area contributed by atoms with Gasteiger partial charge in [0.25, 0.3) is 0 Å². The minimum atomic E-state index is -1.34. The van der Waals surface area contributed by atoms with Crippen LogP contribution in [-0.4, -0.2) is 34.1 Å². The monoisotopic (exact) mass is 360 g/mol. The summed E-state index contributed by atoms with van der Waals surface area (Å²) in [5.41, 5.74) is 6.03. The molecule has 120 valence electrons. The van der Waals surface area contributed by atoms with Crippen molar-refractivity contribution in [3.8, 4) is 0 Å². The number of nitrogens with one attached hydrogen (secondary N) is 1. The number of hydrogen-bond acceptors (Lipinski definition) is 2. The van der Waals surface area contributed by atoms with Gasteiger partial charge in [0.1, 0.15) is 6.79 Å². The molecule has 0 radical (unpaired) electrons. The summed E-state index contributed by atoms with van der Waals surface area (Å²) in [5.74, 6) is 0. The molecule has 1 aromatic heterocycles. The van der Waals surface area contributed by atoms with Gasteiger partial charge in [-0.15, -0.1) is 0 Å². The molecule has 0 fully saturated rings. The summed E-state index contributed by atoms with van der Waals surface area (Å²) in [6, 6.07) is 4.18. The molecule has 2 heterocycles. The first kappa shape index (κ1) is 17.6. The fraction of sp³-hybridized carbons (Fsp3) is 0.438. The minimum absolute atomic E-state index is 0.232. The van der Waals surface area contributed by atoms with E-state index in [9.17, 15) is 0 Å². The van der Waals surface area contributed by atoms with Gasteiger partial charge in [0, 0.05) is 23.1 Å². The molecule has 3 rings (SSSR count). The van der Waals surface area contributed by atoms with Crippen molar-refractivity contribution in [2.24, 2.45) is 0 Å². The lowest BCUT2D eigenvalue weighted by atomic mass is 9.97. The zero-order chi connectivity index (χ0) is 16.7. The molecular formula is C16H19Cl3N2O. The molecule has 1 atom stereocenters. The van der Waals surface area contributed by atoms with Gasteiger partial charge in [-0.1, -0.05) is 34.8 Å². The number of aromatic nitrogens is 1. The van der Waals surface area contributed by atoms with E-state index in [0.29, 0.717) is 0 Å². The molecule has 0 aliphatic carbocycles. The maximum Gasteiger partial charge on any atom is 0.211 e. The van der Waals surface area contributed by atoms with E-state index in [2.05, 4.69) is 35.9 Å². The molecule has 1 aliphatic rings. The highest BCUT2D eigenvalue weighted by atomic mass is 35.6. The average Bonchev–Trinajstić information content (AvgIpc) is 2.77. The number of benzene rings is 1. The Balaban J connectivity index is 0.000000847. The topological polar surface area (TPSA) is 36.1 Å². The minimum Gasteiger partial charge on any atom is -0.357 e. The Morgan fingerprint density at radius 2 is 1.82 bits per heavy atom. The number of hydrogen-bond donors (Lipinski definition) is 1. The lowest BCUT2D eigenvalue weighted by Gasteiger charge is -2.36. The van der Waals surface area contributed by atoms with E-state index in [1.165, 1.54) is 22.1 Å². The number of carbonyl (C=O) groups is 1. The molecule has 0 amide bonds. The molecule has 2 aromatic rings. The first-order valence-electron chi connectivity index (χ1n) is 6.96. The smallest absolute Gasteiger partial charge is 0.211 e. The molecule has 1 unspecified atom stereocenters. The van der Waals surface area contributed by atoms with Crippen molar-refractivity contribution in [2.75, 3.05) is 13.6 Å². The molecular weight excluding hydrogens is 343 g/mol. The number of nitrogens with zero attached hydrogens (tertiary/aromatic N) is 1. The van der Waals surface area contributed by atoms with Gasteiger partial charge < -0.3 is 9.78 Å². The lowest BCUT2D eigenvalue weighted by Crippen LogP contribution is -2.39. The van der Waals surface area contributed by atoms with E-state index in [-0.39, 0.29) is 6.04 Å². The van der Waals surface area contributed by atoms with Crippen LogP contribution in [0.2, 0.25) is 0 Å². The summed E-state index contributed by atoms with van der Waals surface area (Å²) < 4.78 is -1.34. The first-order chi connectivity index (χ1) is 10.3. The zero-order valence-corrected chi connectivity index (χ0v) is 15.1. The second-order valence-electron chi connectivity index (χ2n) is 5.67. The summed E-state index contributed by atoms with van der Waals surface area (Å²) in [6.07, 6.45) is 0.978. The predicted octanol–water partition coefficient (Wildman–Crippen LogP) is 4.50. The molecule has 0 saturated carbocycles. The Bertz CT molecular complexity index is 691. The summed E-state index contributed by atoms with van der Waals surface area (Å²) in [4.78, 5) is 13.6. The van der Waals surface area contributed by atoms with Crippen LogP contribution in [-0.2, 0) is 11.2 Å². The van der Waals surface area contributed by atoms with Crippen LogP contribution in [0.4, 0.5) is 0 Å². The van der Waals surface area contributed by atoms with Crippen LogP contribution in [0.25, 0.3) is 10.9 Å². The van der Waals surface area contributed by atoms with Gasteiger partial charge in [-0.2, -0.15) is 0 Å². The number of H-pyrrole nitrogens is 1. The first-order valence-corrected chi connectivity index (χ1v) is 8.10. The third-order valence-corrected chi connectivity index (χ3v) is 4.91. The molecule has 0 bridgehead atoms. The maximum absolute atomic E-state index is 8.00. The van der Waals surface area contributed by atoms with Gasteiger partial charge in [0.2, 0.25) is 3.79 Å². The van der Waals surface area contributed by atoms with E-state index in [1.807, 2.05) is 13.8 Å². The van der Waals surface area contributed by atoms with Crippen LogP contribution in [0.15, 0.2) is 12.1 Å². The predicted molar refractivity (Wildman–Crippen MR) is 94.3 cm³/mol. The van der Waals surface area contributed by atoms with Crippen LogP contribution in [0, 0.1) is 13.8 Å². The van der Waals surface area contributed by atoms with Crippen LogP contribution in [0.5, 0.6) is 0 Å². The molecule has 0 saturated heterocycles. The average molecular weight is 362 g/mol. The van der Waals surface area contributed by atoms with Gasteiger partial charge in [-0.3, -0.25) is 4.90 Å². The van der Waals surface area contributed by atoms with Crippen LogP contribution >= 0.6 is 34.8 Å². The second-order valence-corrected chi connectivity index (χ2v) is 8.04. The third-order valence-electron chi connectivity index (χ3n) is 4.29. The molecule has 1 aromatic carbocycles. The van der Waals surface area contributed by atoms with Crippen LogP contribution < -0.4 is 0 Å². The third kappa shape index (κ3) is 3.00. The normalized spacial score (nSPS) is 18.7. The van der Waals surface area contributed by atoms with Crippen molar-refractivity contribution >= 4 is 52.5 Å². The van der Waals surface area contributed by atoms with Crippen molar-refractivity contribution in [3.05, 3.63) is 34.5 Å². The SMILES string of the molecule is C=O.Cc1cc2[nH]c3c(c2cc1C)CCN(C)C3C(Cl)(Cl)Cl. The molecule has 1 N–H and O–H groups in total. The molecule has 1 aliphatic heterocycles. The lowest BCUT2D eigenvalue weighted by molar-refractivity contribution is -0.0979. The summed E-state index contributed by atoms with van der Waals surface area (Å²) in [5, 5.41) is 1.26. The molecule has 22 heavy (non-hydrogen) atoms. The zero-order valence-electron chi connectivity index (χ0n) is 12.8. The number of aryl methyl sites for hydroxylation is 2. The highest BCUT2D eigenvalue weighted by Gasteiger charge is 2.41. The Labute approximate surface area is 145 Å². The van der Waals surface area contributed by atoms with Crippen LogP contribution in [0.3, 0.4) is 0 Å². The number of rotatable bonds is 0. The number of alkyl halides is 3. The van der Waals surface area contributed by atoms with Crippen molar-refractivity contribution in [1.82, 2.24) is 9.88 Å².